The minimum Gasteiger partial charge on any atom is -0.356 e. The van der Waals surface area contributed by atoms with Crippen molar-refractivity contribution in [1.29, 1.82) is 0 Å². The van der Waals surface area contributed by atoms with Gasteiger partial charge in [0, 0.05) is 44.8 Å². The van der Waals surface area contributed by atoms with E-state index < -0.39 is 0 Å². The topological polar surface area (TPSA) is 67.1 Å². The predicted octanol–water partition coefficient (Wildman–Crippen LogP) is 2.39. The summed E-state index contributed by atoms with van der Waals surface area (Å²) in [5.74, 6) is 0.825. The van der Waals surface area contributed by atoms with E-state index in [0.717, 1.165) is 31.0 Å². The SMILES string of the molecule is CN=C(NCCc1cccnc1)NC(C)Cc1c(C)nn(C)c1C.I. The smallest absolute Gasteiger partial charge is 0.191 e. The lowest BCUT2D eigenvalue weighted by atomic mass is 10.1. The van der Waals surface area contributed by atoms with Crippen LogP contribution in [0.3, 0.4) is 0 Å². The first-order valence-corrected chi connectivity index (χ1v) is 8.36. The summed E-state index contributed by atoms with van der Waals surface area (Å²) in [7, 11) is 3.79. The van der Waals surface area contributed by atoms with E-state index in [0.29, 0.717) is 0 Å². The largest absolute Gasteiger partial charge is 0.356 e. The molecule has 0 saturated carbocycles. The van der Waals surface area contributed by atoms with Crippen molar-refractivity contribution in [3.8, 4) is 0 Å². The normalized spacial score (nSPS) is 12.4. The molecule has 0 saturated heterocycles. The van der Waals surface area contributed by atoms with Gasteiger partial charge in [0.15, 0.2) is 5.96 Å². The van der Waals surface area contributed by atoms with Gasteiger partial charge in [0.1, 0.15) is 0 Å². The molecule has 0 fully saturated rings. The van der Waals surface area contributed by atoms with E-state index in [1.54, 1.807) is 13.2 Å². The standard InChI is InChI=1S/C18H28N6.HI/c1-13(11-17-14(2)23-24(5)15(17)3)22-18(19-4)21-10-8-16-7-6-9-20-12-16;/h6-7,9,12-13H,8,10-11H2,1-5H3,(H2,19,21,22);1H. The van der Waals surface area contributed by atoms with Gasteiger partial charge in [-0.15, -0.1) is 24.0 Å². The fourth-order valence-electron chi connectivity index (χ4n) is 2.77. The molecule has 1 unspecified atom stereocenters. The highest BCUT2D eigenvalue weighted by atomic mass is 127. The second-order valence-electron chi connectivity index (χ2n) is 6.13. The maximum absolute atomic E-state index is 4.48. The Morgan fingerprint density at radius 1 is 1.36 bits per heavy atom. The molecule has 7 heteroatoms. The average molecular weight is 456 g/mol. The lowest BCUT2D eigenvalue weighted by molar-refractivity contribution is 0.635. The van der Waals surface area contributed by atoms with E-state index in [1.807, 2.05) is 24.0 Å². The molecule has 1 atom stereocenters. The van der Waals surface area contributed by atoms with Crippen molar-refractivity contribution in [2.75, 3.05) is 13.6 Å². The lowest BCUT2D eigenvalue weighted by Crippen LogP contribution is -2.43. The minimum absolute atomic E-state index is 0. The van der Waals surface area contributed by atoms with Crippen LogP contribution in [0.25, 0.3) is 0 Å². The van der Waals surface area contributed by atoms with Crippen LogP contribution in [0.2, 0.25) is 0 Å². The van der Waals surface area contributed by atoms with Gasteiger partial charge in [-0.3, -0.25) is 14.7 Å². The van der Waals surface area contributed by atoms with Crippen molar-refractivity contribution < 1.29 is 0 Å². The van der Waals surface area contributed by atoms with Gasteiger partial charge in [-0.25, -0.2) is 0 Å². The molecule has 2 N–H and O–H groups in total. The highest BCUT2D eigenvalue weighted by Gasteiger charge is 2.13. The van der Waals surface area contributed by atoms with Crippen molar-refractivity contribution >= 4 is 29.9 Å². The van der Waals surface area contributed by atoms with Gasteiger partial charge < -0.3 is 10.6 Å². The Hall–Kier alpha value is -1.64. The van der Waals surface area contributed by atoms with Crippen LogP contribution >= 0.6 is 24.0 Å². The first-order chi connectivity index (χ1) is 11.5. The summed E-state index contributed by atoms with van der Waals surface area (Å²) in [6.45, 7) is 7.17. The molecule has 2 heterocycles. The molecule has 0 radical (unpaired) electrons. The molecular formula is C18H29IN6. The molecule has 0 aromatic carbocycles. The van der Waals surface area contributed by atoms with Gasteiger partial charge in [-0.05, 0) is 50.8 Å². The monoisotopic (exact) mass is 456 g/mol. The van der Waals surface area contributed by atoms with Crippen molar-refractivity contribution in [2.45, 2.75) is 39.7 Å². The number of hydrogen-bond donors (Lipinski definition) is 2. The molecule has 6 nitrogen and oxygen atoms in total. The summed E-state index contributed by atoms with van der Waals surface area (Å²) in [4.78, 5) is 8.44. The lowest BCUT2D eigenvalue weighted by Gasteiger charge is -2.18. The molecule has 0 spiro atoms. The predicted molar refractivity (Wildman–Crippen MR) is 114 cm³/mol. The van der Waals surface area contributed by atoms with E-state index in [9.17, 15) is 0 Å². The number of nitrogens with zero attached hydrogens (tertiary/aromatic N) is 4. The molecule has 0 aliphatic carbocycles. The third kappa shape index (κ3) is 6.30. The number of nitrogens with one attached hydrogen (secondary N) is 2. The summed E-state index contributed by atoms with van der Waals surface area (Å²) < 4.78 is 1.94. The van der Waals surface area contributed by atoms with Crippen molar-refractivity contribution in [3.05, 3.63) is 47.0 Å². The van der Waals surface area contributed by atoms with Gasteiger partial charge in [-0.1, -0.05) is 6.07 Å². The number of aromatic nitrogens is 3. The maximum Gasteiger partial charge on any atom is 0.191 e. The molecule has 2 aromatic rings. The first kappa shape index (κ1) is 21.4. The molecule has 0 aliphatic heterocycles. The van der Waals surface area contributed by atoms with E-state index in [2.05, 4.69) is 52.5 Å². The molecule has 2 rings (SSSR count). The zero-order chi connectivity index (χ0) is 17.5. The quantitative estimate of drug-likeness (QED) is 0.398. The van der Waals surface area contributed by atoms with Crippen molar-refractivity contribution in [1.82, 2.24) is 25.4 Å². The first-order valence-electron chi connectivity index (χ1n) is 8.36. The molecule has 138 valence electrons. The van der Waals surface area contributed by atoms with Gasteiger partial charge in [-0.2, -0.15) is 5.10 Å². The fourth-order valence-corrected chi connectivity index (χ4v) is 2.77. The Morgan fingerprint density at radius 2 is 2.12 bits per heavy atom. The van der Waals surface area contributed by atoms with Crippen LogP contribution < -0.4 is 10.6 Å². The van der Waals surface area contributed by atoms with E-state index >= 15 is 0 Å². The second-order valence-corrected chi connectivity index (χ2v) is 6.13. The zero-order valence-corrected chi connectivity index (χ0v) is 18.0. The number of hydrogen-bond acceptors (Lipinski definition) is 3. The average Bonchev–Trinajstić information content (AvgIpc) is 2.81. The van der Waals surface area contributed by atoms with Crippen molar-refractivity contribution in [3.63, 3.8) is 0 Å². The second kappa shape index (κ2) is 10.4. The van der Waals surface area contributed by atoms with Crippen molar-refractivity contribution in [2.24, 2.45) is 12.0 Å². The van der Waals surface area contributed by atoms with Gasteiger partial charge >= 0.3 is 0 Å². The Bertz CT molecular complexity index is 680. The highest BCUT2D eigenvalue weighted by molar-refractivity contribution is 14.0. The molecule has 2 aromatic heterocycles. The van der Waals surface area contributed by atoms with E-state index in [-0.39, 0.29) is 30.0 Å². The third-order valence-corrected chi connectivity index (χ3v) is 4.20. The molecule has 25 heavy (non-hydrogen) atoms. The number of rotatable bonds is 6. The summed E-state index contributed by atoms with van der Waals surface area (Å²) in [6.07, 6.45) is 5.54. The molecule has 0 aliphatic rings. The van der Waals surface area contributed by atoms with Crippen LogP contribution in [0.4, 0.5) is 0 Å². The number of guanidine groups is 1. The Morgan fingerprint density at radius 3 is 2.68 bits per heavy atom. The van der Waals surface area contributed by atoms with Gasteiger partial charge in [0.25, 0.3) is 0 Å². The number of aliphatic imine (C=N–C) groups is 1. The van der Waals surface area contributed by atoms with Crippen LogP contribution in [-0.4, -0.2) is 40.4 Å². The Kier molecular flexibility index (Phi) is 8.88. The van der Waals surface area contributed by atoms with Gasteiger partial charge in [0.2, 0.25) is 0 Å². The Balaban J connectivity index is 0.00000312. The molecule has 0 bridgehead atoms. The van der Waals surface area contributed by atoms with Gasteiger partial charge in [0.05, 0.1) is 5.69 Å². The van der Waals surface area contributed by atoms with E-state index in [1.165, 1.54) is 16.8 Å². The van der Waals surface area contributed by atoms with Crippen LogP contribution in [0, 0.1) is 13.8 Å². The third-order valence-electron chi connectivity index (χ3n) is 4.20. The minimum atomic E-state index is 0. The Labute approximate surface area is 167 Å². The molecule has 0 amide bonds. The molecular weight excluding hydrogens is 427 g/mol. The van der Waals surface area contributed by atoms with Crippen LogP contribution in [0.15, 0.2) is 29.5 Å². The highest BCUT2D eigenvalue weighted by Crippen LogP contribution is 2.14. The maximum atomic E-state index is 4.48. The number of aryl methyl sites for hydroxylation is 2. The van der Waals surface area contributed by atoms with Crippen LogP contribution in [-0.2, 0) is 19.9 Å². The number of pyridine rings is 1. The number of halogens is 1. The summed E-state index contributed by atoms with van der Waals surface area (Å²) in [5.41, 5.74) is 4.85. The summed E-state index contributed by atoms with van der Waals surface area (Å²) >= 11 is 0. The van der Waals surface area contributed by atoms with Crippen LogP contribution in [0.1, 0.15) is 29.4 Å². The van der Waals surface area contributed by atoms with Crippen LogP contribution in [0.5, 0.6) is 0 Å². The fraction of sp³-hybridized carbons (Fsp3) is 0.500. The zero-order valence-electron chi connectivity index (χ0n) is 15.7. The van der Waals surface area contributed by atoms with E-state index in [4.69, 9.17) is 0 Å². The summed E-state index contributed by atoms with van der Waals surface area (Å²) in [6, 6.07) is 4.32. The summed E-state index contributed by atoms with van der Waals surface area (Å²) in [5, 5.41) is 11.3.